The highest BCUT2D eigenvalue weighted by Gasteiger charge is 2.30. The molecule has 4 aromatic rings. The maximum atomic E-state index is 10.4. The van der Waals surface area contributed by atoms with Crippen molar-refractivity contribution in [2.24, 2.45) is 0 Å². The molecule has 1 heterocycles. The molecule has 0 aliphatic heterocycles. The molecule has 3 aromatic carbocycles. The first kappa shape index (κ1) is 22.7. The lowest BCUT2D eigenvalue weighted by atomic mass is 10.0. The number of phenolic OH excluding ortho intramolecular Hbond substituents is 1. The Labute approximate surface area is 186 Å². The smallest absolute Gasteiger partial charge is 0.324 e. The molecule has 1 N–H and O–H groups in total. The molecule has 0 fully saturated rings. The van der Waals surface area contributed by atoms with Crippen molar-refractivity contribution in [2.75, 3.05) is 0 Å². The van der Waals surface area contributed by atoms with E-state index in [1.165, 1.54) is 21.9 Å². The van der Waals surface area contributed by atoms with E-state index in [4.69, 9.17) is 5.11 Å². The highest BCUT2D eigenvalue weighted by atomic mass is 16.6. The molecule has 0 atom stereocenters. The number of aromatic nitrogens is 1. The third kappa shape index (κ3) is 4.88. The molecule has 1 aromatic heterocycles. The number of nitro groups is 3. The largest absolute Gasteiger partial charge is 0.497 e. The lowest BCUT2D eigenvalue weighted by Crippen LogP contribution is -1.97. The Morgan fingerprint density at radius 1 is 0.758 bits per heavy atom. The second-order valence-electron chi connectivity index (χ2n) is 6.81. The number of nitrogens with zero attached hydrogens (tertiary/aromatic N) is 4. The highest BCUT2D eigenvalue weighted by molar-refractivity contribution is 5.96. The molecule has 33 heavy (non-hydrogen) atoms. The zero-order valence-corrected chi connectivity index (χ0v) is 17.1. The van der Waals surface area contributed by atoms with Gasteiger partial charge in [0.1, 0.15) is 0 Å². The summed E-state index contributed by atoms with van der Waals surface area (Å²) in [7, 11) is 0. The lowest BCUT2D eigenvalue weighted by Gasteiger charge is -2.07. The van der Waals surface area contributed by atoms with Crippen molar-refractivity contribution in [3.63, 3.8) is 0 Å². The van der Waals surface area contributed by atoms with E-state index in [0.717, 1.165) is 5.69 Å². The number of pyridine rings is 1. The van der Waals surface area contributed by atoms with Crippen molar-refractivity contribution in [1.29, 1.82) is 0 Å². The van der Waals surface area contributed by atoms with Crippen LogP contribution in [0.1, 0.15) is 5.56 Å². The number of phenols is 1. The Kier molecular flexibility index (Phi) is 6.53. The van der Waals surface area contributed by atoms with Crippen molar-refractivity contribution in [1.82, 2.24) is 4.98 Å². The number of aryl methyl sites for hydroxylation is 1. The van der Waals surface area contributed by atoms with Crippen LogP contribution in [0.25, 0.3) is 22.0 Å². The summed E-state index contributed by atoms with van der Waals surface area (Å²) in [6.07, 6.45) is 1.95. The van der Waals surface area contributed by atoms with Gasteiger partial charge in [0, 0.05) is 17.1 Å². The molecule has 0 unspecified atom stereocenters. The molecule has 11 heteroatoms. The summed E-state index contributed by atoms with van der Waals surface area (Å²) in [6.45, 7) is 2.10. The fraction of sp³-hybridized carbons (Fsp3) is 0.0455. The molecule has 4 rings (SSSR count). The SMILES string of the molecule is Cc1cnc(-c2ccccc2)c2ccccc12.O=[N+]([O-])c1cc([N+](=O)[O-])c(O)c([N+](=O)[O-])c1. The molecule has 166 valence electrons. The highest BCUT2D eigenvalue weighted by Crippen LogP contribution is 2.39. The Hall–Kier alpha value is -4.93. The van der Waals surface area contributed by atoms with Crippen LogP contribution in [0, 0.1) is 37.3 Å². The van der Waals surface area contributed by atoms with Crippen LogP contribution in [-0.4, -0.2) is 24.9 Å². The lowest BCUT2D eigenvalue weighted by molar-refractivity contribution is -0.404. The summed E-state index contributed by atoms with van der Waals surface area (Å²) in [5, 5.41) is 42.7. The van der Waals surface area contributed by atoms with E-state index >= 15 is 0 Å². The molecule has 0 amide bonds. The number of hydrogen-bond donors (Lipinski definition) is 1. The Bertz CT molecular complexity index is 1340. The van der Waals surface area contributed by atoms with Crippen LogP contribution in [0.15, 0.2) is 72.9 Å². The van der Waals surface area contributed by atoms with E-state index in [9.17, 15) is 30.3 Å². The fourth-order valence-corrected chi connectivity index (χ4v) is 3.13. The predicted octanol–water partition coefficient (Wildman–Crippen LogP) is 5.33. The van der Waals surface area contributed by atoms with Gasteiger partial charge in [-0.1, -0.05) is 54.6 Å². The van der Waals surface area contributed by atoms with Gasteiger partial charge >= 0.3 is 11.4 Å². The molecule has 0 aliphatic rings. The molecule has 0 saturated heterocycles. The summed E-state index contributed by atoms with van der Waals surface area (Å²) in [4.78, 5) is 32.3. The normalized spacial score (nSPS) is 10.2. The molecule has 0 bridgehead atoms. The van der Waals surface area contributed by atoms with E-state index in [0.29, 0.717) is 12.1 Å². The van der Waals surface area contributed by atoms with Crippen LogP contribution in [0.3, 0.4) is 0 Å². The number of hydrogen-bond acceptors (Lipinski definition) is 8. The molecular formula is C22H16N4O7. The number of fused-ring (bicyclic) bond motifs is 1. The Morgan fingerprint density at radius 3 is 1.79 bits per heavy atom. The zero-order chi connectivity index (χ0) is 24.1. The number of nitro benzene ring substituents is 3. The zero-order valence-electron chi connectivity index (χ0n) is 17.1. The minimum atomic E-state index is -1.21. The quantitative estimate of drug-likeness (QED) is 0.323. The van der Waals surface area contributed by atoms with Gasteiger partial charge in [-0.3, -0.25) is 35.3 Å². The molecule has 0 radical (unpaired) electrons. The summed E-state index contributed by atoms with van der Waals surface area (Å²) in [6, 6.07) is 19.6. The number of benzene rings is 3. The Balaban J connectivity index is 0.000000186. The summed E-state index contributed by atoms with van der Waals surface area (Å²) in [5.74, 6) is -1.21. The van der Waals surface area contributed by atoms with E-state index in [-0.39, 0.29) is 0 Å². The van der Waals surface area contributed by atoms with Gasteiger partial charge in [-0.15, -0.1) is 0 Å². The van der Waals surface area contributed by atoms with Crippen LogP contribution in [0.2, 0.25) is 0 Å². The van der Waals surface area contributed by atoms with Gasteiger partial charge in [-0.25, -0.2) is 0 Å². The number of rotatable bonds is 4. The fourth-order valence-electron chi connectivity index (χ4n) is 3.13. The third-order valence-corrected chi connectivity index (χ3v) is 4.70. The number of aromatic hydroxyl groups is 1. The molecular weight excluding hydrogens is 432 g/mol. The minimum Gasteiger partial charge on any atom is -0.497 e. The van der Waals surface area contributed by atoms with Crippen LogP contribution < -0.4 is 0 Å². The van der Waals surface area contributed by atoms with Crippen LogP contribution in [0.5, 0.6) is 5.75 Å². The van der Waals surface area contributed by atoms with E-state index < -0.39 is 37.6 Å². The predicted molar refractivity (Wildman–Crippen MR) is 120 cm³/mol. The van der Waals surface area contributed by atoms with Gasteiger partial charge in [0.25, 0.3) is 11.4 Å². The first-order chi connectivity index (χ1) is 15.7. The molecule has 0 spiro atoms. The second-order valence-corrected chi connectivity index (χ2v) is 6.81. The molecule has 0 aliphatic carbocycles. The first-order valence-corrected chi connectivity index (χ1v) is 9.40. The maximum Gasteiger partial charge on any atom is 0.324 e. The molecule has 0 saturated carbocycles. The van der Waals surface area contributed by atoms with E-state index in [2.05, 4.69) is 48.3 Å². The van der Waals surface area contributed by atoms with Gasteiger partial charge in [0.2, 0.25) is 0 Å². The average molecular weight is 448 g/mol. The summed E-state index contributed by atoms with van der Waals surface area (Å²) >= 11 is 0. The van der Waals surface area contributed by atoms with Gasteiger partial charge in [-0.2, -0.15) is 0 Å². The van der Waals surface area contributed by atoms with Crippen LogP contribution in [0.4, 0.5) is 17.1 Å². The van der Waals surface area contributed by atoms with Crippen molar-refractivity contribution < 1.29 is 19.9 Å². The van der Waals surface area contributed by atoms with E-state index in [1.807, 2.05) is 24.4 Å². The van der Waals surface area contributed by atoms with Gasteiger partial charge in [-0.05, 0) is 17.9 Å². The average Bonchev–Trinajstić information content (AvgIpc) is 2.80. The van der Waals surface area contributed by atoms with Crippen molar-refractivity contribution >= 4 is 27.8 Å². The monoisotopic (exact) mass is 448 g/mol. The second kappa shape index (κ2) is 9.47. The summed E-state index contributed by atoms with van der Waals surface area (Å²) in [5.41, 5.74) is 0.453. The van der Waals surface area contributed by atoms with Crippen molar-refractivity contribution in [2.45, 2.75) is 6.92 Å². The van der Waals surface area contributed by atoms with Gasteiger partial charge in [0.05, 0.1) is 32.6 Å². The van der Waals surface area contributed by atoms with Crippen LogP contribution >= 0.6 is 0 Å². The number of non-ortho nitro benzene ring substituents is 1. The topological polar surface area (TPSA) is 163 Å². The van der Waals surface area contributed by atoms with Gasteiger partial charge in [0.15, 0.2) is 0 Å². The third-order valence-electron chi connectivity index (χ3n) is 4.70. The maximum absolute atomic E-state index is 10.4. The molecule has 11 nitrogen and oxygen atoms in total. The van der Waals surface area contributed by atoms with Crippen LogP contribution in [-0.2, 0) is 0 Å². The minimum absolute atomic E-state index is 0.447. The van der Waals surface area contributed by atoms with Gasteiger partial charge < -0.3 is 5.11 Å². The first-order valence-electron chi connectivity index (χ1n) is 9.40. The standard InChI is InChI=1S/C16H13N.C6H3N3O7/c1-12-11-17-16(13-7-3-2-4-8-13)15-10-6-5-9-14(12)15;10-6-4(8(13)14)1-3(7(11)12)2-5(6)9(15)16/h2-11H,1H3;1-2,10H. The van der Waals surface area contributed by atoms with E-state index in [1.54, 1.807) is 0 Å². The Morgan fingerprint density at radius 2 is 1.27 bits per heavy atom. The summed E-state index contributed by atoms with van der Waals surface area (Å²) < 4.78 is 0. The van der Waals surface area contributed by atoms with Crippen molar-refractivity contribution in [3.8, 4) is 17.0 Å². The van der Waals surface area contributed by atoms with Crippen molar-refractivity contribution in [3.05, 3.63) is 109 Å².